The first-order chi connectivity index (χ1) is 3.18. The molecule has 1 nitrogen and oxygen atoms in total. The quantitative estimate of drug-likeness (QED) is 0.497. The Balaban J connectivity index is 3.34. The van der Waals surface area contributed by atoms with Gasteiger partial charge < -0.3 is 4.55 Å². The summed E-state index contributed by atoms with van der Waals surface area (Å²) in [5.41, 5.74) is 0. The minimum Gasteiger partial charge on any atom is -0.612 e. The third-order valence-corrected chi connectivity index (χ3v) is 1.72. The maximum Gasteiger partial charge on any atom is 0.119 e. The van der Waals surface area contributed by atoms with E-state index in [1.807, 2.05) is 0 Å². The van der Waals surface area contributed by atoms with Crippen molar-refractivity contribution in [2.24, 2.45) is 0 Å². The lowest BCUT2D eigenvalue weighted by Crippen LogP contribution is -2.02. The lowest BCUT2D eigenvalue weighted by molar-refractivity contribution is 0.604. The Hall–Kier alpha value is 0.0500. The lowest BCUT2D eigenvalue weighted by Gasteiger charge is -2.03. The van der Waals surface area contributed by atoms with Crippen molar-refractivity contribution in [3.63, 3.8) is 0 Å². The molecular formula is C5H9OS. The Morgan fingerprint density at radius 3 is 2.29 bits per heavy atom. The normalized spacial score (nSPS) is 13.6. The van der Waals surface area contributed by atoms with Crippen molar-refractivity contribution in [1.82, 2.24) is 0 Å². The second kappa shape index (κ2) is 3.10. The number of rotatable bonds is 2. The zero-order valence-corrected chi connectivity index (χ0v) is 5.25. The monoisotopic (exact) mass is 117 g/mol. The first-order valence-electron chi connectivity index (χ1n) is 2.01. The highest BCUT2D eigenvalue weighted by Crippen LogP contribution is 2.00. The molecule has 0 saturated carbocycles. The van der Waals surface area contributed by atoms with E-state index in [1.54, 1.807) is 6.92 Å². The highest BCUT2D eigenvalue weighted by molar-refractivity contribution is 7.95. The van der Waals surface area contributed by atoms with Crippen LogP contribution in [0, 0.1) is 6.92 Å². The average Bonchev–Trinajstić information content (AvgIpc) is 1.65. The van der Waals surface area contributed by atoms with E-state index in [4.69, 9.17) is 0 Å². The van der Waals surface area contributed by atoms with Crippen LogP contribution in [-0.2, 0) is 11.2 Å². The van der Waals surface area contributed by atoms with E-state index in [1.165, 1.54) is 0 Å². The molecule has 0 N–H and O–H groups in total. The van der Waals surface area contributed by atoms with Gasteiger partial charge in [-0.15, -0.1) is 0 Å². The highest BCUT2D eigenvalue weighted by atomic mass is 32.2. The van der Waals surface area contributed by atoms with E-state index < -0.39 is 11.2 Å². The van der Waals surface area contributed by atoms with Crippen LogP contribution in [0.15, 0.2) is 11.5 Å². The Labute approximate surface area is 47.6 Å². The Kier molecular flexibility index (Phi) is 3.13. The molecule has 0 rings (SSSR count). The smallest absolute Gasteiger partial charge is 0.119 e. The number of hydrogen-bond acceptors (Lipinski definition) is 1. The van der Waals surface area contributed by atoms with Gasteiger partial charge in [0.25, 0.3) is 0 Å². The van der Waals surface area contributed by atoms with Gasteiger partial charge in [-0.05, 0) is 24.7 Å². The van der Waals surface area contributed by atoms with Crippen molar-refractivity contribution >= 4 is 11.2 Å². The molecule has 0 bridgehead atoms. The van der Waals surface area contributed by atoms with Crippen molar-refractivity contribution < 1.29 is 4.55 Å². The van der Waals surface area contributed by atoms with E-state index in [-0.39, 0.29) is 0 Å². The van der Waals surface area contributed by atoms with Gasteiger partial charge >= 0.3 is 0 Å². The summed E-state index contributed by atoms with van der Waals surface area (Å²) < 4.78 is 10.5. The maximum absolute atomic E-state index is 10.5. The summed E-state index contributed by atoms with van der Waals surface area (Å²) >= 11 is -0.884. The van der Waals surface area contributed by atoms with Crippen LogP contribution in [0.5, 0.6) is 0 Å². The van der Waals surface area contributed by atoms with Gasteiger partial charge in [-0.3, -0.25) is 0 Å². The second-order valence-electron chi connectivity index (χ2n) is 1.25. The fourth-order valence-corrected chi connectivity index (χ4v) is 0.523. The minimum absolute atomic E-state index is 0.440. The Morgan fingerprint density at radius 1 is 1.86 bits per heavy atom. The summed E-state index contributed by atoms with van der Waals surface area (Å²) in [5, 5.41) is 0. The maximum atomic E-state index is 10.5. The second-order valence-corrected chi connectivity index (χ2v) is 3.05. The average molecular weight is 117 g/mol. The number of allylic oxidation sites excluding steroid dienone is 1. The molecule has 2 heteroatoms. The Morgan fingerprint density at radius 2 is 2.29 bits per heavy atom. The molecule has 1 unspecified atom stereocenters. The van der Waals surface area contributed by atoms with Crippen molar-refractivity contribution in [2.75, 3.05) is 5.75 Å². The standard InChI is InChI=1S/C5H9OS/c1-4-7(6)5(2)3/h1-2,4H2,3H3. The zero-order valence-electron chi connectivity index (χ0n) is 4.44. The first kappa shape index (κ1) is 7.05. The predicted octanol–water partition coefficient (Wildman–Crippen LogP) is 1.10. The first-order valence-corrected chi connectivity index (χ1v) is 3.33. The van der Waals surface area contributed by atoms with Gasteiger partial charge in [0.15, 0.2) is 0 Å². The van der Waals surface area contributed by atoms with E-state index >= 15 is 0 Å². The molecule has 0 aliphatic rings. The third kappa shape index (κ3) is 2.71. The number of hydrogen-bond donors (Lipinski definition) is 0. The van der Waals surface area contributed by atoms with Crippen LogP contribution in [-0.4, -0.2) is 10.3 Å². The molecule has 0 fully saturated rings. The van der Waals surface area contributed by atoms with Gasteiger partial charge in [-0.25, -0.2) is 0 Å². The summed E-state index contributed by atoms with van der Waals surface area (Å²) in [6.07, 6.45) is 0. The van der Waals surface area contributed by atoms with E-state index in [2.05, 4.69) is 13.5 Å². The van der Waals surface area contributed by atoms with Crippen molar-refractivity contribution in [3.05, 3.63) is 18.4 Å². The summed E-state index contributed by atoms with van der Waals surface area (Å²) in [4.78, 5) is 0.704. The lowest BCUT2D eigenvalue weighted by atomic mass is 10.8. The molecule has 0 aromatic heterocycles. The van der Waals surface area contributed by atoms with Crippen LogP contribution < -0.4 is 0 Å². The molecular weight excluding hydrogens is 108 g/mol. The van der Waals surface area contributed by atoms with Gasteiger partial charge in [0.1, 0.15) is 10.7 Å². The largest absolute Gasteiger partial charge is 0.612 e. The molecule has 0 aliphatic carbocycles. The minimum atomic E-state index is -0.884. The van der Waals surface area contributed by atoms with E-state index in [9.17, 15) is 4.55 Å². The van der Waals surface area contributed by atoms with Crippen LogP contribution in [0.25, 0.3) is 0 Å². The Bertz CT molecular complexity index is 70.5. The highest BCUT2D eigenvalue weighted by Gasteiger charge is 1.99. The van der Waals surface area contributed by atoms with Gasteiger partial charge in [-0.1, -0.05) is 0 Å². The third-order valence-electron chi connectivity index (χ3n) is 0.574. The summed E-state index contributed by atoms with van der Waals surface area (Å²) in [6, 6.07) is 0. The molecule has 1 atom stereocenters. The molecule has 0 saturated heterocycles. The van der Waals surface area contributed by atoms with Crippen LogP contribution in [0.4, 0.5) is 0 Å². The van der Waals surface area contributed by atoms with Crippen molar-refractivity contribution in [3.8, 4) is 0 Å². The molecule has 0 aliphatic heterocycles. The van der Waals surface area contributed by atoms with Crippen LogP contribution in [0.2, 0.25) is 0 Å². The van der Waals surface area contributed by atoms with Crippen molar-refractivity contribution in [1.29, 1.82) is 0 Å². The van der Waals surface area contributed by atoms with Crippen LogP contribution in [0.3, 0.4) is 0 Å². The summed E-state index contributed by atoms with van der Waals surface area (Å²) in [5.74, 6) is 0.440. The fraction of sp³-hybridized carbons (Fsp3) is 0.400. The molecule has 1 radical (unpaired) electrons. The summed E-state index contributed by atoms with van der Waals surface area (Å²) in [6.45, 7) is 8.67. The van der Waals surface area contributed by atoms with Gasteiger partial charge in [-0.2, -0.15) is 0 Å². The van der Waals surface area contributed by atoms with Crippen molar-refractivity contribution in [2.45, 2.75) is 6.92 Å². The molecule has 41 valence electrons. The van der Waals surface area contributed by atoms with E-state index in [0.717, 1.165) is 0 Å². The van der Waals surface area contributed by atoms with E-state index in [0.29, 0.717) is 10.7 Å². The molecule has 0 heterocycles. The SMILES string of the molecule is [CH2]C[S+]([O-])C(=C)C. The van der Waals surface area contributed by atoms with Gasteiger partial charge in [0.05, 0.1) is 0 Å². The molecule has 0 aromatic carbocycles. The predicted molar refractivity (Wildman–Crippen MR) is 33.2 cm³/mol. The van der Waals surface area contributed by atoms with Crippen LogP contribution >= 0.6 is 0 Å². The molecule has 0 aromatic rings. The topological polar surface area (TPSA) is 23.1 Å². The van der Waals surface area contributed by atoms with Gasteiger partial charge in [0.2, 0.25) is 0 Å². The zero-order chi connectivity index (χ0) is 5.86. The molecule has 0 spiro atoms. The van der Waals surface area contributed by atoms with Crippen LogP contribution in [0.1, 0.15) is 6.92 Å². The fourth-order valence-electron chi connectivity index (χ4n) is 0.174. The van der Waals surface area contributed by atoms with Gasteiger partial charge in [0, 0.05) is 6.92 Å². The molecule has 0 amide bonds. The summed E-state index contributed by atoms with van der Waals surface area (Å²) in [7, 11) is 0. The molecule has 7 heavy (non-hydrogen) atoms.